The predicted molar refractivity (Wildman–Crippen MR) is 88.8 cm³/mol. The third-order valence-electron chi connectivity index (χ3n) is 4.86. The molecule has 24 heavy (non-hydrogen) atoms. The Bertz CT molecular complexity index is 590. The quantitative estimate of drug-likeness (QED) is 0.910. The molecule has 2 saturated heterocycles. The number of amides is 2. The molecule has 0 aliphatic carbocycles. The van der Waals surface area contributed by atoms with Crippen LogP contribution in [0.15, 0.2) is 24.3 Å². The highest BCUT2D eigenvalue weighted by molar-refractivity contribution is 5.96. The van der Waals surface area contributed by atoms with E-state index in [4.69, 9.17) is 4.74 Å². The van der Waals surface area contributed by atoms with Crippen molar-refractivity contribution in [2.24, 2.45) is 5.92 Å². The molecule has 1 aromatic carbocycles. The average Bonchev–Trinajstić information content (AvgIpc) is 2.63. The van der Waals surface area contributed by atoms with Gasteiger partial charge < -0.3 is 19.6 Å². The molecule has 0 bridgehead atoms. The van der Waals surface area contributed by atoms with Gasteiger partial charge in [-0.25, -0.2) is 0 Å². The number of aromatic hydroxyl groups is 1. The third kappa shape index (κ3) is 3.87. The lowest BCUT2D eigenvalue weighted by molar-refractivity contribution is -0.136. The molecule has 0 aromatic heterocycles. The van der Waals surface area contributed by atoms with Gasteiger partial charge in [-0.05, 0) is 30.9 Å². The summed E-state index contributed by atoms with van der Waals surface area (Å²) in [6.45, 7) is 3.88. The Balaban J connectivity index is 1.49. The van der Waals surface area contributed by atoms with E-state index >= 15 is 0 Å². The fourth-order valence-corrected chi connectivity index (χ4v) is 3.35. The summed E-state index contributed by atoms with van der Waals surface area (Å²) in [5.74, 6) is 0.413. The summed E-state index contributed by atoms with van der Waals surface area (Å²) in [6.07, 6.45) is 2.21. The van der Waals surface area contributed by atoms with Crippen LogP contribution >= 0.6 is 0 Å². The maximum absolute atomic E-state index is 12.5. The number of phenolic OH excluding ortho intramolecular Hbond substituents is 1. The number of ether oxygens (including phenoxy) is 1. The number of para-hydroxylation sites is 1. The first-order chi connectivity index (χ1) is 11.6. The van der Waals surface area contributed by atoms with Gasteiger partial charge in [0, 0.05) is 32.6 Å². The van der Waals surface area contributed by atoms with Crippen LogP contribution in [0, 0.1) is 5.92 Å². The van der Waals surface area contributed by atoms with Crippen LogP contribution in [0.2, 0.25) is 0 Å². The minimum absolute atomic E-state index is 0.0205. The number of piperidine rings is 1. The first-order valence-electron chi connectivity index (χ1n) is 8.58. The minimum Gasteiger partial charge on any atom is -0.507 e. The maximum atomic E-state index is 12.5. The molecular formula is C18H24N2O4. The summed E-state index contributed by atoms with van der Waals surface area (Å²) in [4.78, 5) is 28.4. The normalized spacial score (nSPS) is 19.3. The van der Waals surface area contributed by atoms with Crippen LogP contribution in [0.1, 0.15) is 29.6 Å². The number of hydrogen-bond donors (Lipinski definition) is 1. The molecular weight excluding hydrogens is 308 g/mol. The first-order valence-corrected chi connectivity index (χ1v) is 8.58. The van der Waals surface area contributed by atoms with Crippen molar-refractivity contribution in [3.8, 4) is 5.75 Å². The molecule has 2 heterocycles. The Morgan fingerprint density at radius 2 is 1.71 bits per heavy atom. The number of benzene rings is 1. The molecule has 0 spiro atoms. The second-order valence-electron chi connectivity index (χ2n) is 6.45. The first kappa shape index (κ1) is 16.8. The molecule has 3 rings (SSSR count). The smallest absolute Gasteiger partial charge is 0.257 e. The van der Waals surface area contributed by atoms with E-state index < -0.39 is 0 Å². The van der Waals surface area contributed by atoms with Crippen LogP contribution in [-0.4, -0.2) is 66.1 Å². The Morgan fingerprint density at radius 3 is 2.38 bits per heavy atom. The molecule has 6 heteroatoms. The molecule has 0 atom stereocenters. The maximum Gasteiger partial charge on any atom is 0.257 e. The van der Waals surface area contributed by atoms with Crippen molar-refractivity contribution in [3.63, 3.8) is 0 Å². The van der Waals surface area contributed by atoms with Crippen LogP contribution < -0.4 is 0 Å². The van der Waals surface area contributed by atoms with Crippen molar-refractivity contribution in [2.45, 2.75) is 19.3 Å². The Morgan fingerprint density at radius 1 is 1.04 bits per heavy atom. The van der Waals surface area contributed by atoms with Gasteiger partial charge in [0.2, 0.25) is 5.91 Å². The van der Waals surface area contributed by atoms with Gasteiger partial charge in [0.15, 0.2) is 0 Å². The van der Waals surface area contributed by atoms with Crippen molar-refractivity contribution in [1.82, 2.24) is 9.80 Å². The summed E-state index contributed by atoms with van der Waals surface area (Å²) < 4.78 is 5.27. The van der Waals surface area contributed by atoms with Gasteiger partial charge >= 0.3 is 0 Å². The van der Waals surface area contributed by atoms with E-state index in [1.165, 1.54) is 6.07 Å². The highest BCUT2D eigenvalue weighted by Gasteiger charge is 2.27. The van der Waals surface area contributed by atoms with Gasteiger partial charge in [-0.2, -0.15) is 0 Å². The summed E-state index contributed by atoms with van der Waals surface area (Å²) in [5, 5.41) is 9.82. The van der Waals surface area contributed by atoms with E-state index in [0.717, 1.165) is 12.8 Å². The zero-order chi connectivity index (χ0) is 16.9. The van der Waals surface area contributed by atoms with Gasteiger partial charge in [0.25, 0.3) is 5.91 Å². The number of carbonyl (C=O) groups excluding carboxylic acids is 2. The molecule has 0 radical (unpaired) electrons. The van der Waals surface area contributed by atoms with Crippen LogP contribution in [0.25, 0.3) is 0 Å². The molecule has 2 aliphatic heterocycles. The van der Waals surface area contributed by atoms with Crippen LogP contribution in [0.5, 0.6) is 5.75 Å². The van der Waals surface area contributed by atoms with E-state index in [1.807, 2.05) is 4.90 Å². The van der Waals surface area contributed by atoms with E-state index in [2.05, 4.69) is 0 Å². The summed E-state index contributed by atoms with van der Waals surface area (Å²) in [7, 11) is 0. The number of carbonyl (C=O) groups is 2. The molecule has 2 amide bonds. The van der Waals surface area contributed by atoms with Gasteiger partial charge in [-0.1, -0.05) is 12.1 Å². The van der Waals surface area contributed by atoms with E-state index in [9.17, 15) is 14.7 Å². The fraction of sp³-hybridized carbons (Fsp3) is 0.556. The Hall–Kier alpha value is -2.08. The number of morpholine rings is 1. The van der Waals surface area contributed by atoms with Crippen molar-refractivity contribution in [3.05, 3.63) is 29.8 Å². The van der Waals surface area contributed by atoms with Gasteiger partial charge in [-0.3, -0.25) is 9.59 Å². The lowest BCUT2D eigenvalue weighted by Crippen LogP contribution is -2.43. The summed E-state index contributed by atoms with van der Waals surface area (Å²) >= 11 is 0. The van der Waals surface area contributed by atoms with E-state index in [0.29, 0.717) is 57.3 Å². The molecule has 6 nitrogen and oxygen atoms in total. The summed E-state index contributed by atoms with van der Waals surface area (Å²) in [6, 6.07) is 6.63. The lowest BCUT2D eigenvalue weighted by Gasteiger charge is -2.33. The van der Waals surface area contributed by atoms with Crippen molar-refractivity contribution < 1.29 is 19.4 Å². The van der Waals surface area contributed by atoms with Crippen LogP contribution in [-0.2, 0) is 9.53 Å². The number of nitrogens with zero attached hydrogens (tertiary/aromatic N) is 2. The highest BCUT2D eigenvalue weighted by Crippen LogP contribution is 2.25. The van der Waals surface area contributed by atoms with Gasteiger partial charge in [0.05, 0.1) is 18.8 Å². The molecule has 1 aromatic rings. The molecule has 0 saturated carbocycles. The predicted octanol–water partition coefficient (Wildman–Crippen LogP) is 1.49. The number of hydrogen-bond acceptors (Lipinski definition) is 4. The molecule has 1 N–H and O–H groups in total. The zero-order valence-electron chi connectivity index (χ0n) is 13.8. The Labute approximate surface area is 142 Å². The fourth-order valence-electron chi connectivity index (χ4n) is 3.35. The minimum atomic E-state index is -0.133. The van der Waals surface area contributed by atoms with E-state index in [-0.39, 0.29) is 17.6 Å². The molecule has 0 unspecified atom stereocenters. The molecule has 2 fully saturated rings. The molecule has 130 valence electrons. The highest BCUT2D eigenvalue weighted by atomic mass is 16.5. The SMILES string of the molecule is O=C(CC1CCN(C(=O)c2ccccc2O)CC1)N1CCOCC1. The van der Waals surface area contributed by atoms with E-state index in [1.54, 1.807) is 23.1 Å². The van der Waals surface area contributed by atoms with Crippen molar-refractivity contribution in [2.75, 3.05) is 39.4 Å². The average molecular weight is 332 g/mol. The second-order valence-corrected chi connectivity index (χ2v) is 6.45. The van der Waals surface area contributed by atoms with Crippen molar-refractivity contribution >= 4 is 11.8 Å². The second kappa shape index (κ2) is 7.66. The Kier molecular flexibility index (Phi) is 5.35. The van der Waals surface area contributed by atoms with Gasteiger partial charge in [0.1, 0.15) is 5.75 Å². The number of phenols is 1. The number of likely N-dealkylation sites (tertiary alicyclic amines) is 1. The van der Waals surface area contributed by atoms with Gasteiger partial charge in [-0.15, -0.1) is 0 Å². The van der Waals surface area contributed by atoms with Crippen LogP contribution in [0.3, 0.4) is 0 Å². The van der Waals surface area contributed by atoms with Crippen LogP contribution in [0.4, 0.5) is 0 Å². The molecule has 2 aliphatic rings. The standard InChI is InChI=1S/C18H24N2O4/c21-16-4-2-1-3-15(16)18(23)20-7-5-14(6-8-20)13-17(22)19-9-11-24-12-10-19/h1-4,14,21H,5-13H2. The lowest BCUT2D eigenvalue weighted by atomic mass is 9.92. The topological polar surface area (TPSA) is 70.1 Å². The monoisotopic (exact) mass is 332 g/mol. The third-order valence-corrected chi connectivity index (χ3v) is 4.86. The van der Waals surface area contributed by atoms with Crippen molar-refractivity contribution in [1.29, 1.82) is 0 Å². The summed E-state index contributed by atoms with van der Waals surface area (Å²) in [5.41, 5.74) is 0.348. The largest absolute Gasteiger partial charge is 0.507 e. The number of rotatable bonds is 3. The zero-order valence-corrected chi connectivity index (χ0v) is 13.8.